The zero-order chi connectivity index (χ0) is 59.9. The summed E-state index contributed by atoms with van der Waals surface area (Å²) in [6.45, 7) is 6.41. The molecule has 0 aliphatic carbocycles. The first-order valence-electron chi connectivity index (χ1n) is 35.0. The van der Waals surface area contributed by atoms with Crippen LogP contribution in [0.2, 0.25) is 0 Å². The Morgan fingerprint density at radius 2 is 0.470 bits per heavy atom. The van der Waals surface area contributed by atoms with Crippen molar-refractivity contribution in [3.63, 3.8) is 0 Å². The van der Waals surface area contributed by atoms with Crippen LogP contribution in [-0.4, -0.2) is 37.2 Å². The highest BCUT2D eigenvalue weighted by molar-refractivity contribution is 5.71. The molecule has 1 unspecified atom stereocenters. The molecule has 0 aliphatic heterocycles. The molecule has 0 aromatic carbocycles. The minimum Gasteiger partial charge on any atom is -0.462 e. The van der Waals surface area contributed by atoms with Crippen LogP contribution in [0.15, 0.2) is 122 Å². The highest BCUT2D eigenvalue weighted by Crippen LogP contribution is 2.17. The molecule has 0 fully saturated rings. The third-order valence-corrected chi connectivity index (χ3v) is 14.9. The van der Waals surface area contributed by atoms with E-state index in [1.54, 1.807) is 0 Å². The van der Waals surface area contributed by atoms with Crippen molar-refractivity contribution in [1.29, 1.82) is 0 Å². The predicted octanol–water partition coefficient (Wildman–Crippen LogP) is 24.3. The molecule has 6 heteroatoms. The molecule has 0 aromatic heterocycles. The Morgan fingerprint density at radius 1 is 0.253 bits per heavy atom. The lowest BCUT2D eigenvalue weighted by atomic mass is 10.0. The first kappa shape index (κ1) is 78.8. The Balaban J connectivity index is 4.36. The van der Waals surface area contributed by atoms with E-state index < -0.39 is 6.10 Å². The van der Waals surface area contributed by atoms with Crippen LogP contribution in [0, 0.1) is 0 Å². The highest BCUT2D eigenvalue weighted by atomic mass is 16.6. The smallest absolute Gasteiger partial charge is 0.306 e. The molecule has 0 N–H and O–H groups in total. The van der Waals surface area contributed by atoms with Crippen LogP contribution in [0.25, 0.3) is 0 Å². The van der Waals surface area contributed by atoms with Gasteiger partial charge in [0.05, 0.1) is 0 Å². The van der Waals surface area contributed by atoms with E-state index in [2.05, 4.69) is 142 Å². The van der Waals surface area contributed by atoms with Crippen LogP contribution in [0.4, 0.5) is 0 Å². The number of carbonyl (C=O) groups excluding carboxylic acids is 3. The van der Waals surface area contributed by atoms with Gasteiger partial charge in [0.1, 0.15) is 13.2 Å². The van der Waals surface area contributed by atoms with Crippen molar-refractivity contribution in [2.75, 3.05) is 13.2 Å². The fourth-order valence-electron chi connectivity index (χ4n) is 9.75. The number of esters is 3. The van der Waals surface area contributed by atoms with Gasteiger partial charge in [0.25, 0.3) is 0 Å². The molecule has 0 aliphatic rings. The van der Waals surface area contributed by atoms with Gasteiger partial charge in [-0.05, 0) is 128 Å². The summed E-state index contributed by atoms with van der Waals surface area (Å²) < 4.78 is 16.9. The third-order valence-electron chi connectivity index (χ3n) is 14.9. The number of rotatable bonds is 63. The molecule has 0 aromatic rings. The zero-order valence-electron chi connectivity index (χ0n) is 54.4. The second kappa shape index (κ2) is 70.3. The minimum atomic E-state index is -0.801. The topological polar surface area (TPSA) is 78.9 Å². The first-order chi connectivity index (χ1) is 41.0. The van der Waals surface area contributed by atoms with Gasteiger partial charge in [0.2, 0.25) is 0 Å². The molecule has 0 amide bonds. The Morgan fingerprint density at radius 3 is 0.771 bits per heavy atom. The predicted molar refractivity (Wildman–Crippen MR) is 362 cm³/mol. The summed E-state index contributed by atoms with van der Waals surface area (Å²) in [5, 5.41) is 0. The molecular weight excluding hydrogens is 1020 g/mol. The number of ether oxygens (including phenoxy) is 3. The summed E-state index contributed by atoms with van der Waals surface area (Å²) in [6.07, 6.45) is 98.0. The van der Waals surface area contributed by atoms with Gasteiger partial charge in [0.15, 0.2) is 6.10 Å². The standard InChI is InChI=1S/C77H130O6/c1-4-7-10-13-16-19-22-25-28-30-32-34-36-37-38-39-41-42-44-46-49-52-55-58-61-64-67-70-76(79)82-73-74(72-81-75(78)69-66-63-60-57-54-51-48-27-24-21-18-15-12-9-6-3)83-77(80)71-68-65-62-59-56-53-50-47-45-43-40-35-33-31-29-26-23-20-17-14-11-8-5-2/h7,9-10,12,16,18-19,21,25,27-28,31-34,37-38,48,54,57,74H,4-6,8,11,13-15,17,20,22-24,26,29-30,35-36,39-47,49-53,55-56,58-73H2,1-3H3/b10-7-,12-9-,19-16-,21-18-,28-25-,33-31-,34-32-,38-37-,48-27-,57-54-. The van der Waals surface area contributed by atoms with E-state index in [-0.39, 0.29) is 31.1 Å². The van der Waals surface area contributed by atoms with Crippen LogP contribution < -0.4 is 0 Å². The van der Waals surface area contributed by atoms with E-state index in [9.17, 15) is 14.4 Å². The summed E-state index contributed by atoms with van der Waals surface area (Å²) in [6, 6.07) is 0. The van der Waals surface area contributed by atoms with Crippen molar-refractivity contribution in [1.82, 2.24) is 0 Å². The lowest BCUT2D eigenvalue weighted by Gasteiger charge is -2.18. The summed E-state index contributed by atoms with van der Waals surface area (Å²) in [5.74, 6) is -0.930. The van der Waals surface area contributed by atoms with E-state index in [0.29, 0.717) is 19.3 Å². The third kappa shape index (κ3) is 68.5. The Bertz CT molecular complexity index is 1700. The van der Waals surface area contributed by atoms with Crippen LogP contribution in [0.1, 0.15) is 329 Å². The Labute approximate surface area is 513 Å². The van der Waals surface area contributed by atoms with E-state index in [1.807, 2.05) is 0 Å². The first-order valence-corrected chi connectivity index (χ1v) is 35.0. The minimum absolute atomic E-state index is 0.0937. The molecule has 6 nitrogen and oxygen atoms in total. The van der Waals surface area contributed by atoms with Crippen molar-refractivity contribution in [2.45, 2.75) is 335 Å². The average molecular weight is 1150 g/mol. The van der Waals surface area contributed by atoms with Gasteiger partial charge in [0, 0.05) is 19.3 Å². The molecular formula is C77H130O6. The van der Waals surface area contributed by atoms with Gasteiger partial charge in [-0.1, -0.05) is 303 Å². The van der Waals surface area contributed by atoms with Crippen LogP contribution in [0.3, 0.4) is 0 Å². The van der Waals surface area contributed by atoms with Crippen LogP contribution >= 0.6 is 0 Å². The van der Waals surface area contributed by atoms with Gasteiger partial charge in [-0.2, -0.15) is 0 Å². The molecule has 0 spiro atoms. The number of carbonyl (C=O) groups is 3. The second-order valence-corrected chi connectivity index (χ2v) is 23.0. The Hall–Kier alpha value is -4.19. The van der Waals surface area contributed by atoms with Gasteiger partial charge < -0.3 is 14.2 Å². The molecule has 1 atom stereocenters. The average Bonchev–Trinajstić information content (AvgIpc) is 3.49. The number of unbranched alkanes of at least 4 members (excludes halogenated alkanes) is 32. The summed E-state index contributed by atoms with van der Waals surface area (Å²) in [4.78, 5) is 38.4. The molecule has 0 rings (SSSR count). The van der Waals surface area contributed by atoms with E-state index >= 15 is 0 Å². The van der Waals surface area contributed by atoms with Crippen molar-refractivity contribution in [2.24, 2.45) is 0 Å². The molecule has 0 saturated carbocycles. The van der Waals surface area contributed by atoms with Gasteiger partial charge >= 0.3 is 17.9 Å². The maximum atomic E-state index is 13.0. The van der Waals surface area contributed by atoms with Crippen LogP contribution in [0.5, 0.6) is 0 Å². The maximum Gasteiger partial charge on any atom is 0.306 e. The summed E-state index contributed by atoms with van der Waals surface area (Å²) in [5.41, 5.74) is 0. The maximum absolute atomic E-state index is 13.0. The SMILES string of the molecule is CC/C=C\C/C=C\C/C=C\C/C=C\C/C=C\CCCCCCCCCCCCCC(=O)OCC(COC(=O)CCCC/C=C\C/C=C\C/C=C\C/C=C\CC)OC(=O)CCCCCCCCCCCCC/C=C\CCCCCCCCCC. The van der Waals surface area contributed by atoms with Crippen LogP contribution in [-0.2, 0) is 28.6 Å². The number of allylic oxidation sites excluding steroid dienone is 20. The summed E-state index contributed by atoms with van der Waals surface area (Å²) >= 11 is 0. The molecule has 0 bridgehead atoms. The summed E-state index contributed by atoms with van der Waals surface area (Å²) in [7, 11) is 0. The normalized spacial score (nSPS) is 12.9. The van der Waals surface area contributed by atoms with E-state index in [1.165, 1.54) is 173 Å². The van der Waals surface area contributed by atoms with E-state index in [4.69, 9.17) is 14.2 Å². The monoisotopic (exact) mass is 1150 g/mol. The van der Waals surface area contributed by atoms with Crippen molar-refractivity contribution in [3.8, 4) is 0 Å². The molecule has 0 heterocycles. The largest absolute Gasteiger partial charge is 0.462 e. The second-order valence-electron chi connectivity index (χ2n) is 23.0. The molecule has 474 valence electrons. The zero-order valence-corrected chi connectivity index (χ0v) is 54.4. The number of hydrogen-bond acceptors (Lipinski definition) is 6. The molecule has 0 saturated heterocycles. The fraction of sp³-hybridized carbons (Fsp3) is 0.701. The molecule has 83 heavy (non-hydrogen) atoms. The van der Waals surface area contributed by atoms with Gasteiger partial charge in [-0.25, -0.2) is 0 Å². The molecule has 0 radical (unpaired) electrons. The number of hydrogen-bond donors (Lipinski definition) is 0. The van der Waals surface area contributed by atoms with Crippen molar-refractivity contribution >= 4 is 17.9 Å². The van der Waals surface area contributed by atoms with Crippen molar-refractivity contribution in [3.05, 3.63) is 122 Å². The van der Waals surface area contributed by atoms with Gasteiger partial charge in [-0.3, -0.25) is 14.4 Å². The van der Waals surface area contributed by atoms with E-state index in [0.717, 1.165) is 116 Å². The fourth-order valence-corrected chi connectivity index (χ4v) is 9.75. The highest BCUT2D eigenvalue weighted by Gasteiger charge is 2.19. The van der Waals surface area contributed by atoms with Crippen molar-refractivity contribution < 1.29 is 28.6 Å². The Kier molecular flexibility index (Phi) is 66.7. The van der Waals surface area contributed by atoms with Gasteiger partial charge in [-0.15, -0.1) is 0 Å². The lowest BCUT2D eigenvalue weighted by Crippen LogP contribution is -2.30. The quantitative estimate of drug-likeness (QED) is 0.0261. The lowest BCUT2D eigenvalue weighted by molar-refractivity contribution is -0.167.